The molecule has 1 unspecified atom stereocenters. The molecule has 1 aliphatic heterocycles. The van der Waals surface area contributed by atoms with Crippen LogP contribution in [0.25, 0.3) is 0 Å². The number of non-ortho nitro benzene ring substituents is 1. The largest absolute Gasteiger partial charge is 0.462 e. The molecule has 1 heterocycles. The monoisotopic (exact) mass is 301 g/mol. The second kappa shape index (κ2) is 6.33. The van der Waals surface area contributed by atoms with E-state index in [2.05, 4.69) is 0 Å². The van der Waals surface area contributed by atoms with Crippen molar-refractivity contribution in [3.63, 3.8) is 0 Å². The van der Waals surface area contributed by atoms with Gasteiger partial charge >= 0.3 is 0 Å². The maximum Gasteiger partial charge on any atom is 0.269 e. The maximum atomic E-state index is 10.5. The van der Waals surface area contributed by atoms with Crippen molar-refractivity contribution in [2.75, 3.05) is 6.61 Å². The molecule has 0 saturated carbocycles. The number of hydrogen-bond donors (Lipinski definition) is 4. The second-order valence-corrected chi connectivity index (χ2v) is 4.57. The number of nitrogens with zero attached hydrogens (tertiary/aromatic N) is 1. The van der Waals surface area contributed by atoms with E-state index in [-0.39, 0.29) is 11.4 Å². The minimum atomic E-state index is -1.54. The van der Waals surface area contributed by atoms with Gasteiger partial charge < -0.3 is 29.9 Å². The first-order valence-electron chi connectivity index (χ1n) is 6.15. The first-order chi connectivity index (χ1) is 9.93. The molecule has 1 saturated heterocycles. The highest BCUT2D eigenvalue weighted by Crippen LogP contribution is 2.25. The van der Waals surface area contributed by atoms with Crippen LogP contribution in [0, 0.1) is 10.1 Å². The van der Waals surface area contributed by atoms with E-state index in [1.165, 1.54) is 24.3 Å². The summed E-state index contributed by atoms with van der Waals surface area (Å²) in [6, 6.07) is 5.03. The van der Waals surface area contributed by atoms with Crippen LogP contribution < -0.4 is 4.74 Å². The number of rotatable bonds is 4. The van der Waals surface area contributed by atoms with Gasteiger partial charge in [0, 0.05) is 12.1 Å². The molecule has 4 N–H and O–H groups in total. The standard InChI is InChI=1S/C12H15NO8/c14-5-8-9(15)10(16)11(17)12(21-8)20-7-3-1-6(2-4-7)13(18)19/h1-4,8-12,14-17H,5H2/t8-,9+,10+,11-,12?/m1/s1. The topological polar surface area (TPSA) is 143 Å². The van der Waals surface area contributed by atoms with Crippen molar-refractivity contribution in [1.82, 2.24) is 0 Å². The van der Waals surface area contributed by atoms with Crippen molar-refractivity contribution in [3.8, 4) is 5.75 Å². The number of nitro groups is 1. The summed E-state index contributed by atoms with van der Waals surface area (Å²) in [7, 11) is 0. The molecule has 0 aromatic heterocycles. The minimum Gasteiger partial charge on any atom is -0.462 e. The van der Waals surface area contributed by atoms with E-state index < -0.39 is 42.2 Å². The van der Waals surface area contributed by atoms with Gasteiger partial charge in [-0.2, -0.15) is 0 Å². The van der Waals surface area contributed by atoms with Crippen LogP contribution in [0.2, 0.25) is 0 Å². The van der Waals surface area contributed by atoms with E-state index in [0.717, 1.165) is 0 Å². The molecule has 1 aromatic carbocycles. The quantitative estimate of drug-likeness (QED) is 0.400. The fourth-order valence-electron chi connectivity index (χ4n) is 1.95. The molecule has 21 heavy (non-hydrogen) atoms. The fraction of sp³-hybridized carbons (Fsp3) is 0.500. The van der Waals surface area contributed by atoms with Gasteiger partial charge in [-0.15, -0.1) is 0 Å². The third-order valence-electron chi connectivity index (χ3n) is 3.15. The van der Waals surface area contributed by atoms with Crippen LogP contribution in [-0.4, -0.2) is 62.7 Å². The van der Waals surface area contributed by atoms with Crippen molar-refractivity contribution in [2.45, 2.75) is 30.7 Å². The lowest BCUT2D eigenvalue weighted by molar-refractivity contribution is -0.384. The summed E-state index contributed by atoms with van der Waals surface area (Å²) >= 11 is 0. The molecule has 0 radical (unpaired) electrons. The Morgan fingerprint density at radius 2 is 1.76 bits per heavy atom. The van der Waals surface area contributed by atoms with E-state index in [1.54, 1.807) is 0 Å². The van der Waals surface area contributed by atoms with Crippen molar-refractivity contribution in [1.29, 1.82) is 0 Å². The van der Waals surface area contributed by atoms with Gasteiger partial charge in [-0.3, -0.25) is 10.1 Å². The van der Waals surface area contributed by atoms with Gasteiger partial charge in [-0.05, 0) is 12.1 Å². The lowest BCUT2D eigenvalue weighted by atomic mass is 9.99. The molecule has 5 atom stereocenters. The maximum absolute atomic E-state index is 10.5. The first-order valence-corrected chi connectivity index (χ1v) is 6.15. The van der Waals surface area contributed by atoms with Gasteiger partial charge in [-0.1, -0.05) is 0 Å². The van der Waals surface area contributed by atoms with Crippen molar-refractivity contribution in [2.24, 2.45) is 0 Å². The molecule has 0 spiro atoms. The molecular formula is C12H15NO8. The van der Waals surface area contributed by atoms with E-state index in [0.29, 0.717) is 0 Å². The summed E-state index contributed by atoms with van der Waals surface area (Å²) in [5, 5.41) is 48.6. The predicted octanol–water partition coefficient (Wildman–Crippen LogP) is -1.23. The average Bonchev–Trinajstić information content (AvgIpc) is 2.48. The Morgan fingerprint density at radius 3 is 2.29 bits per heavy atom. The highest BCUT2D eigenvalue weighted by molar-refractivity contribution is 5.36. The van der Waals surface area contributed by atoms with Gasteiger partial charge in [0.1, 0.15) is 30.2 Å². The van der Waals surface area contributed by atoms with Crippen LogP contribution in [0.5, 0.6) is 5.75 Å². The van der Waals surface area contributed by atoms with Crippen LogP contribution in [0.3, 0.4) is 0 Å². The van der Waals surface area contributed by atoms with E-state index >= 15 is 0 Å². The molecule has 9 heteroatoms. The summed E-state index contributed by atoms with van der Waals surface area (Å²) < 4.78 is 10.4. The smallest absolute Gasteiger partial charge is 0.269 e. The molecule has 9 nitrogen and oxygen atoms in total. The minimum absolute atomic E-state index is 0.129. The first kappa shape index (κ1) is 15.6. The summed E-state index contributed by atoms with van der Waals surface area (Å²) in [4.78, 5) is 9.95. The van der Waals surface area contributed by atoms with Crippen molar-refractivity contribution in [3.05, 3.63) is 34.4 Å². The van der Waals surface area contributed by atoms with Crippen LogP contribution in [-0.2, 0) is 4.74 Å². The number of aliphatic hydroxyl groups excluding tert-OH is 4. The van der Waals surface area contributed by atoms with Crippen molar-refractivity contribution >= 4 is 5.69 Å². The van der Waals surface area contributed by atoms with Crippen molar-refractivity contribution < 1.29 is 34.8 Å². The van der Waals surface area contributed by atoms with Crippen LogP contribution in [0.1, 0.15) is 0 Å². The van der Waals surface area contributed by atoms with Gasteiger partial charge in [-0.25, -0.2) is 0 Å². The summed E-state index contributed by atoms with van der Waals surface area (Å²) in [6.45, 7) is -0.564. The SMILES string of the molecule is O=[N+]([O-])c1ccc(OC2O[C@H](CO)[C@H](O)[C@H](O)[C@H]2O)cc1. The zero-order chi connectivity index (χ0) is 15.6. The predicted molar refractivity (Wildman–Crippen MR) is 67.5 cm³/mol. The zero-order valence-electron chi connectivity index (χ0n) is 10.8. The normalized spacial score (nSPS) is 32.7. The lowest BCUT2D eigenvalue weighted by Crippen LogP contribution is -2.60. The van der Waals surface area contributed by atoms with E-state index in [1.807, 2.05) is 0 Å². The van der Waals surface area contributed by atoms with Crippen LogP contribution in [0.4, 0.5) is 5.69 Å². The highest BCUT2D eigenvalue weighted by atomic mass is 16.7. The number of nitro benzene ring substituents is 1. The Morgan fingerprint density at radius 1 is 1.14 bits per heavy atom. The molecular weight excluding hydrogens is 286 g/mol. The Labute approximate surface area is 119 Å². The second-order valence-electron chi connectivity index (χ2n) is 4.57. The summed E-state index contributed by atoms with van der Waals surface area (Å²) in [5.74, 6) is 0.171. The number of hydrogen-bond acceptors (Lipinski definition) is 8. The van der Waals surface area contributed by atoms with Crippen LogP contribution >= 0.6 is 0 Å². The lowest BCUT2D eigenvalue weighted by Gasteiger charge is -2.39. The Balaban J connectivity index is 2.08. The Hall–Kier alpha value is -1.78. The van der Waals surface area contributed by atoms with Gasteiger partial charge in [0.25, 0.3) is 5.69 Å². The fourth-order valence-corrected chi connectivity index (χ4v) is 1.95. The third-order valence-corrected chi connectivity index (χ3v) is 3.15. The molecule has 1 aliphatic rings. The summed E-state index contributed by atoms with van der Waals surface area (Å²) in [6.07, 6.45) is -6.94. The number of benzene rings is 1. The van der Waals surface area contributed by atoms with E-state index in [4.69, 9.17) is 14.6 Å². The molecule has 1 fully saturated rings. The molecule has 116 valence electrons. The number of ether oxygens (including phenoxy) is 2. The van der Waals surface area contributed by atoms with Gasteiger partial charge in [0.15, 0.2) is 0 Å². The third kappa shape index (κ3) is 3.28. The molecule has 0 aliphatic carbocycles. The number of aliphatic hydroxyl groups is 4. The molecule has 2 rings (SSSR count). The summed E-state index contributed by atoms with van der Waals surface area (Å²) in [5.41, 5.74) is -0.129. The molecule has 1 aromatic rings. The Kier molecular flexibility index (Phi) is 4.70. The highest BCUT2D eigenvalue weighted by Gasteiger charge is 2.44. The van der Waals surface area contributed by atoms with Gasteiger partial charge in [0.05, 0.1) is 11.5 Å². The molecule has 0 amide bonds. The average molecular weight is 301 g/mol. The van der Waals surface area contributed by atoms with E-state index in [9.17, 15) is 25.4 Å². The molecule has 0 bridgehead atoms. The van der Waals surface area contributed by atoms with Crippen LogP contribution in [0.15, 0.2) is 24.3 Å². The Bertz CT molecular complexity index is 491. The van der Waals surface area contributed by atoms with Gasteiger partial charge in [0.2, 0.25) is 6.29 Å². The zero-order valence-corrected chi connectivity index (χ0v) is 10.8.